The van der Waals surface area contributed by atoms with Gasteiger partial charge in [0, 0.05) is 6.54 Å². The molecule has 1 aromatic rings. The van der Waals surface area contributed by atoms with E-state index < -0.39 is 6.10 Å². The summed E-state index contributed by atoms with van der Waals surface area (Å²) in [6, 6.07) is 2.07. The van der Waals surface area contributed by atoms with Crippen molar-refractivity contribution in [2.75, 3.05) is 13.7 Å². The molecule has 0 saturated heterocycles. The molecule has 0 aliphatic heterocycles. The zero-order chi connectivity index (χ0) is 13.9. The van der Waals surface area contributed by atoms with Gasteiger partial charge in [-0.2, -0.15) is 0 Å². The largest absolute Gasteiger partial charge is 0.496 e. The molecule has 0 fully saturated rings. The first-order chi connectivity index (χ1) is 8.42. The molecule has 3 N–H and O–H groups in total. The van der Waals surface area contributed by atoms with E-state index in [0.29, 0.717) is 18.9 Å². The molecule has 2 unspecified atom stereocenters. The smallest absolute Gasteiger partial charge is 0.122 e. The number of aliphatic hydroxyl groups excluding tert-OH is 1. The summed E-state index contributed by atoms with van der Waals surface area (Å²) in [5.41, 5.74) is 10.4. The van der Waals surface area contributed by atoms with Crippen LogP contribution < -0.4 is 10.5 Å². The molecule has 2 atom stereocenters. The minimum Gasteiger partial charge on any atom is -0.496 e. The Morgan fingerprint density at radius 2 is 1.89 bits per heavy atom. The van der Waals surface area contributed by atoms with Crippen LogP contribution in [0, 0.1) is 20.8 Å². The third-order valence-electron chi connectivity index (χ3n) is 3.72. The van der Waals surface area contributed by atoms with Crippen LogP contribution in [-0.4, -0.2) is 24.9 Å². The molecule has 0 aliphatic rings. The molecule has 3 nitrogen and oxygen atoms in total. The van der Waals surface area contributed by atoms with Crippen molar-refractivity contribution < 1.29 is 9.84 Å². The van der Waals surface area contributed by atoms with E-state index in [2.05, 4.69) is 33.8 Å². The fourth-order valence-corrected chi connectivity index (χ4v) is 2.66. The summed E-state index contributed by atoms with van der Waals surface area (Å²) in [5, 5.41) is 9.69. The molecule has 0 aliphatic carbocycles. The number of hydrogen-bond acceptors (Lipinski definition) is 3. The van der Waals surface area contributed by atoms with Crippen LogP contribution in [-0.2, 0) is 0 Å². The normalized spacial score (nSPS) is 14.4. The predicted molar refractivity (Wildman–Crippen MR) is 75.3 cm³/mol. The van der Waals surface area contributed by atoms with Gasteiger partial charge in [0.15, 0.2) is 0 Å². The molecule has 0 heterocycles. The Hall–Kier alpha value is -1.06. The van der Waals surface area contributed by atoms with Crippen LogP contribution in [0.15, 0.2) is 6.07 Å². The van der Waals surface area contributed by atoms with Gasteiger partial charge in [0.05, 0.1) is 13.2 Å². The number of hydrogen-bond donors (Lipinski definition) is 2. The van der Waals surface area contributed by atoms with Gasteiger partial charge in [-0.25, -0.2) is 0 Å². The van der Waals surface area contributed by atoms with Crippen LogP contribution in [0.3, 0.4) is 0 Å². The Kier molecular flexibility index (Phi) is 5.17. The fraction of sp³-hybridized carbons (Fsp3) is 0.600. The monoisotopic (exact) mass is 251 g/mol. The Morgan fingerprint density at radius 1 is 1.28 bits per heavy atom. The minimum absolute atomic E-state index is 0.299. The molecule has 1 aromatic carbocycles. The maximum atomic E-state index is 9.69. The van der Waals surface area contributed by atoms with Gasteiger partial charge in [0.25, 0.3) is 0 Å². The van der Waals surface area contributed by atoms with Gasteiger partial charge in [-0.1, -0.05) is 6.92 Å². The molecule has 1 rings (SSSR count). The van der Waals surface area contributed by atoms with Crippen LogP contribution in [0.4, 0.5) is 0 Å². The highest BCUT2D eigenvalue weighted by atomic mass is 16.5. The molecular weight excluding hydrogens is 226 g/mol. The number of methoxy groups -OCH3 is 1. The van der Waals surface area contributed by atoms with E-state index in [0.717, 1.165) is 5.75 Å². The lowest BCUT2D eigenvalue weighted by atomic mass is 9.86. The highest BCUT2D eigenvalue weighted by Crippen LogP contribution is 2.33. The molecule has 0 spiro atoms. The van der Waals surface area contributed by atoms with Gasteiger partial charge in [0.2, 0.25) is 0 Å². The Labute approximate surface area is 110 Å². The van der Waals surface area contributed by atoms with Gasteiger partial charge < -0.3 is 15.6 Å². The second kappa shape index (κ2) is 6.21. The fourth-order valence-electron chi connectivity index (χ4n) is 2.66. The van der Waals surface area contributed by atoms with Crippen molar-refractivity contribution in [2.24, 2.45) is 5.73 Å². The van der Waals surface area contributed by atoms with Gasteiger partial charge >= 0.3 is 0 Å². The Balaban J connectivity index is 3.13. The lowest BCUT2D eigenvalue weighted by Crippen LogP contribution is -2.22. The first kappa shape index (κ1) is 15.0. The standard InChI is InChI=1S/C15H25NO2/c1-9(6-13(17)8-16)15-10(2)7-14(18-5)11(3)12(15)4/h7,9,13,17H,6,8,16H2,1-5H3. The van der Waals surface area contributed by atoms with Crippen LogP contribution >= 0.6 is 0 Å². The number of benzene rings is 1. The van der Waals surface area contributed by atoms with E-state index in [4.69, 9.17) is 10.5 Å². The molecule has 0 radical (unpaired) electrons. The molecule has 0 aromatic heterocycles. The summed E-state index contributed by atoms with van der Waals surface area (Å²) in [6.45, 7) is 8.74. The van der Waals surface area contributed by atoms with Crippen molar-refractivity contribution in [1.82, 2.24) is 0 Å². The lowest BCUT2D eigenvalue weighted by Gasteiger charge is -2.22. The SMILES string of the molecule is COc1cc(C)c(C(C)CC(O)CN)c(C)c1C. The predicted octanol–water partition coefficient (Wildman–Crippen LogP) is 2.43. The Morgan fingerprint density at radius 3 is 2.39 bits per heavy atom. The van der Waals surface area contributed by atoms with Crippen molar-refractivity contribution >= 4 is 0 Å². The van der Waals surface area contributed by atoms with Gasteiger partial charge in [-0.15, -0.1) is 0 Å². The van der Waals surface area contributed by atoms with Crippen molar-refractivity contribution in [3.63, 3.8) is 0 Å². The summed E-state index contributed by atoms with van der Waals surface area (Å²) in [6.07, 6.45) is 0.269. The summed E-state index contributed by atoms with van der Waals surface area (Å²) in [7, 11) is 1.70. The van der Waals surface area contributed by atoms with Crippen molar-refractivity contribution in [2.45, 2.75) is 46.1 Å². The number of aliphatic hydroxyl groups is 1. The molecule has 102 valence electrons. The molecule has 0 amide bonds. The number of nitrogens with two attached hydrogens (primary N) is 1. The molecule has 18 heavy (non-hydrogen) atoms. The van der Waals surface area contributed by atoms with E-state index >= 15 is 0 Å². The lowest BCUT2D eigenvalue weighted by molar-refractivity contribution is 0.165. The van der Waals surface area contributed by atoms with Gasteiger partial charge in [-0.3, -0.25) is 0 Å². The second-order valence-corrected chi connectivity index (χ2v) is 5.09. The summed E-state index contributed by atoms with van der Waals surface area (Å²) in [5.74, 6) is 1.23. The number of rotatable bonds is 5. The van der Waals surface area contributed by atoms with E-state index in [9.17, 15) is 5.11 Å². The van der Waals surface area contributed by atoms with Gasteiger partial charge in [0.1, 0.15) is 5.75 Å². The van der Waals surface area contributed by atoms with E-state index in [1.54, 1.807) is 7.11 Å². The van der Waals surface area contributed by atoms with Gasteiger partial charge in [-0.05, 0) is 61.4 Å². The average molecular weight is 251 g/mol. The number of aryl methyl sites for hydroxylation is 1. The van der Waals surface area contributed by atoms with Crippen LogP contribution in [0.5, 0.6) is 5.75 Å². The van der Waals surface area contributed by atoms with Crippen LogP contribution in [0.1, 0.15) is 41.5 Å². The average Bonchev–Trinajstić information content (AvgIpc) is 2.33. The zero-order valence-corrected chi connectivity index (χ0v) is 12.1. The molecular formula is C15H25NO2. The van der Waals surface area contributed by atoms with Crippen molar-refractivity contribution in [3.8, 4) is 5.75 Å². The van der Waals surface area contributed by atoms with Crippen LogP contribution in [0.2, 0.25) is 0 Å². The molecule has 3 heteroatoms. The first-order valence-electron chi connectivity index (χ1n) is 6.45. The maximum absolute atomic E-state index is 9.69. The van der Waals surface area contributed by atoms with E-state index in [-0.39, 0.29) is 0 Å². The Bertz CT molecular complexity index is 415. The second-order valence-electron chi connectivity index (χ2n) is 5.09. The third kappa shape index (κ3) is 3.03. The maximum Gasteiger partial charge on any atom is 0.122 e. The van der Waals surface area contributed by atoms with Crippen LogP contribution in [0.25, 0.3) is 0 Å². The topological polar surface area (TPSA) is 55.5 Å². The third-order valence-corrected chi connectivity index (χ3v) is 3.72. The van der Waals surface area contributed by atoms with E-state index in [1.807, 2.05) is 0 Å². The summed E-state index contributed by atoms with van der Waals surface area (Å²) in [4.78, 5) is 0. The quantitative estimate of drug-likeness (QED) is 0.845. The summed E-state index contributed by atoms with van der Waals surface area (Å²) >= 11 is 0. The molecule has 0 bridgehead atoms. The highest BCUT2D eigenvalue weighted by molar-refractivity contribution is 5.49. The van der Waals surface area contributed by atoms with E-state index in [1.165, 1.54) is 22.3 Å². The minimum atomic E-state index is -0.429. The van der Waals surface area contributed by atoms with Crippen molar-refractivity contribution in [1.29, 1.82) is 0 Å². The molecule has 0 saturated carbocycles. The summed E-state index contributed by atoms with van der Waals surface area (Å²) < 4.78 is 5.37. The first-order valence-corrected chi connectivity index (χ1v) is 6.45. The highest BCUT2D eigenvalue weighted by Gasteiger charge is 2.18. The zero-order valence-electron chi connectivity index (χ0n) is 12.1. The van der Waals surface area contributed by atoms with Crippen molar-refractivity contribution in [3.05, 3.63) is 28.3 Å². The number of ether oxygens (including phenoxy) is 1.